The summed E-state index contributed by atoms with van der Waals surface area (Å²) in [4.78, 5) is 30.5. The van der Waals surface area contributed by atoms with Gasteiger partial charge in [0.05, 0.1) is 18.2 Å². The van der Waals surface area contributed by atoms with E-state index in [1.165, 1.54) is 17.2 Å². The molecule has 0 unspecified atom stereocenters. The van der Waals surface area contributed by atoms with E-state index in [0.29, 0.717) is 18.1 Å². The van der Waals surface area contributed by atoms with Crippen LogP contribution in [-0.4, -0.2) is 40.1 Å². The van der Waals surface area contributed by atoms with Crippen LogP contribution in [0.1, 0.15) is 6.42 Å². The molecular formula is C10H12N4O2S. The van der Waals surface area contributed by atoms with Gasteiger partial charge in [-0.2, -0.15) is 5.26 Å². The standard InChI is InChI=1S/C10H12N4O2S/c1-14(6-2-4-11)9(16)7-17-10-12-5-3-8(15)13-10/h3,5H,2,6-7H2,1H3,(H,12,13,15). The fraction of sp³-hybridized carbons (Fsp3) is 0.400. The van der Waals surface area contributed by atoms with E-state index in [2.05, 4.69) is 9.97 Å². The molecule has 7 heteroatoms. The van der Waals surface area contributed by atoms with Gasteiger partial charge in [0.25, 0.3) is 5.56 Å². The third-order valence-electron chi connectivity index (χ3n) is 1.96. The highest BCUT2D eigenvalue weighted by molar-refractivity contribution is 7.99. The van der Waals surface area contributed by atoms with Crippen molar-refractivity contribution in [1.29, 1.82) is 5.26 Å². The van der Waals surface area contributed by atoms with Crippen LogP contribution in [0.2, 0.25) is 0 Å². The third-order valence-corrected chi connectivity index (χ3v) is 2.84. The van der Waals surface area contributed by atoms with E-state index in [0.717, 1.165) is 11.8 Å². The quantitative estimate of drug-likeness (QED) is 0.598. The first-order chi connectivity index (χ1) is 8.13. The third kappa shape index (κ3) is 4.70. The number of hydrogen-bond donors (Lipinski definition) is 1. The van der Waals surface area contributed by atoms with Gasteiger partial charge < -0.3 is 9.88 Å². The van der Waals surface area contributed by atoms with Crippen molar-refractivity contribution in [2.45, 2.75) is 11.6 Å². The number of nitrogens with one attached hydrogen (secondary N) is 1. The first-order valence-electron chi connectivity index (χ1n) is 4.92. The fourth-order valence-corrected chi connectivity index (χ4v) is 1.80. The van der Waals surface area contributed by atoms with Gasteiger partial charge in [0.1, 0.15) is 0 Å². The minimum atomic E-state index is -0.243. The van der Waals surface area contributed by atoms with Crippen molar-refractivity contribution in [2.75, 3.05) is 19.3 Å². The molecule has 6 nitrogen and oxygen atoms in total. The number of aromatic amines is 1. The summed E-state index contributed by atoms with van der Waals surface area (Å²) in [7, 11) is 1.64. The molecule has 1 rings (SSSR count). The molecule has 0 aliphatic carbocycles. The zero-order valence-electron chi connectivity index (χ0n) is 9.34. The Balaban J connectivity index is 2.43. The molecule has 0 aliphatic heterocycles. The maximum absolute atomic E-state index is 11.6. The molecule has 0 saturated heterocycles. The highest BCUT2D eigenvalue weighted by atomic mass is 32.2. The monoisotopic (exact) mass is 252 g/mol. The van der Waals surface area contributed by atoms with Gasteiger partial charge in [-0.25, -0.2) is 4.98 Å². The van der Waals surface area contributed by atoms with E-state index < -0.39 is 0 Å². The molecular weight excluding hydrogens is 240 g/mol. The Morgan fingerprint density at radius 3 is 3.12 bits per heavy atom. The second-order valence-corrected chi connectivity index (χ2v) is 4.22. The number of nitrogens with zero attached hydrogens (tertiary/aromatic N) is 3. The summed E-state index contributed by atoms with van der Waals surface area (Å²) in [5, 5.41) is 8.81. The van der Waals surface area contributed by atoms with E-state index >= 15 is 0 Å². The summed E-state index contributed by atoms with van der Waals surface area (Å²) in [6.45, 7) is 0.411. The van der Waals surface area contributed by atoms with E-state index in [1.54, 1.807) is 7.05 Å². The molecule has 1 aromatic heterocycles. The molecule has 0 aliphatic rings. The smallest absolute Gasteiger partial charge is 0.251 e. The maximum Gasteiger partial charge on any atom is 0.251 e. The van der Waals surface area contributed by atoms with Crippen LogP contribution < -0.4 is 5.56 Å². The minimum absolute atomic E-state index is 0.100. The number of hydrogen-bond acceptors (Lipinski definition) is 5. The molecule has 1 N–H and O–H groups in total. The maximum atomic E-state index is 11.6. The molecule has 0 aromatic carbocycles. The van der Waals surface area contributed by atoms with Crippen molar-refractivity contribution in [3.05, 3.63) is 22.6 Å². The van der Waals surface area contributed by atoms with Crippen molar-refractivity contribution in [3.8, 4) is 6.07 Å². The Hall–Kier alpha value is -1.81. The largest absolute Gasteiger partial charge is 0.344 e. The Morgan fingerprint density at radius 1 is 1.71 bits per heavy atom. The number of nitriles is 1. The van der Waals surface area contributed by atoms with Crippen LogP contribution in [0.5, 0.6) is 0 Å². The van der Waals surface area contributed by atoms with Crippen LogP contribution in [0.3, 0.4) is 0 Å². The molecule has 1 heterocycles. The van der Waals surface area contributed by atoms with Crippen LogP contribution in [0.25, 0.3) is 0 Å². The molecule has 0 atom stereocenters. The first kappa shape index (κ1) is 13.3. The molecule has 0 bridgehead atoms. The summed E-state index contributed by atoms with van der Waals surface area (Å²) in [5.41, 5.74) is -0.243. The van der Waals surface area contributed by atoms with E-state index in [-0.39, 0.29) is 17.2 Å². The van der Waals surface area contributed by atoms with Gasteiger partial charge >= 0.3 is 0 Å². The molecule has 1 aromatic rings. The van der Waals surface area contributed by atoms with E-state index in [9.17, 15) is 9.59 Å². The average molecular weight is 252 g/mol. The lowest BCUT2D eigenvalue weighted by atomic mass is 10.4. The Kier molecular flexibility index (Phi) is 5.23. The molecule has 0 spiro atoms. The van der Waals surface area contributed by atoms with Gasteiger partial charge in [0.2, 0.25) is 5.91 Å². The fourth-order valence-electron chi connectivity index (χ4n) is 1.01. The summed E-state index contributed by atoms with van der Waals surface area (Å²) in [5.74, 6) is 0.0891. The average Bonchev–Trinajstić information content (AvgIpc) is 2.33. The Morgan fingerprint density at radius 2 is 2.47 bits per heavy atom. The molecule has 0 radical (unpaired) electrons. The van der Waals surface area contributed by atoms with Crippen LogP contribution in [0.4, 0.5) is 0 Å². The minimum Gasteiger partial charge on any atom is -0.344 e. The zero-order chi connectivity index (χ0) is 12.7. The van der Waals surface area contributed by atoms with Crippen molar-refractivity contribution in [2.24, 2.45) is 0 Å². The van der Waals surface area contributed by atoms with Gasteiger partial charge in [0.15, 0.2) is 5.16 Å². The molecule has 17 heavy (non-hydrogen) atoms. The normalized spacial score (nSPS) is 9.65. The second-order valence-electron chi connectivity index (χ2n) is 3.25. The van der Waals surface area contributed by atoms with Gasteiger partial charge in [-0.3, -0.25) is 9.59 Å². The second kappa shape index (κ2) is 6.70. The van der Waals surface area contributed by atoms with Crippen LogP contribution in [0.15, 0.2) is 22.2 Å². The van der Waals surface area contributed by atoms with Crippen molar-refractivity contribution in [1.82, 2.24) is 14.9 Å². The van der Waals surface area contributed by atoms with E-state index in [1.807, 2.05) is 6.07 Å². The molecule has 0 saturated carbocycles. The zero-order valence-corrected chi connectivity index (χ0v) is 10.2. The van der Waals surface area contributed by atoms with Gasteiger partial charge in [0, 0.05) is 25.9 Å². The van der Waals surface area contributed by atoms with Crippen molar-refractivity contribution in [3.63, 3.8) is 0 Å². The number of thioether (sulfide) groups is 1. The van der Waals surface area contributed by atoms with Gasteiger partial charge in [-0.05, 0) is 0 Å². The topological polar surface area (TPSA) is 89.8 Å². The van der Waals surface area contributed by atoms with Gasteiger partial charge in [-0.1, -0.05) is 11.8 Å². The summed E-state index contributed by atoms with van der Waals surface area (Å²) in [6.07, 6.45) is 1.71. The predicted molar refractivity (Wildman–Crippen MR) is 63.4 cm³/mol. The van der Waals surface area contributed by atoms with Crippen LogP contribution in [0, 0.1) is 11.3 Å². The highest BCUT2D eigenvalue weighted by Crippen LogP contribution is 2.10. The SMILES string of the molecule is CN(CCC#N)C(=O)CSc1nccc(=O)[nH]1. The van der Waals surface area contributed by atoms with Crippen molar-refractivity contribution < 1.29 is 4.79 Å². The number of amides is 1. The first-order valence-corrected chi connectivity index (χ1v) is 5.91. The Bertz CT molecular complexity index is 480. The number of aromatic nitrogens is 2. The molecule has 90 valence electrons. The summed E-state index contributed by atoms with van der Waals surface area (Å²) >= 11 is 1.16. The number of carbonyl (C=O) groups is 1. The summed E-state index contributed by atoms with van der Waals surface area (Å²) in [6, 6.07) is 3.28. The Labute approximate surface area is 103 Å². The van der Waals surface area contributed by atoms with Crippen molar-refractivity contribution >= 4 is 17.7 Å². The van der Waals surface area contributed by atoms with Gasteiger partial charge in [-0.15, -0.1) is 0 Å². The number of rotatable bonds is 5. The van der Waals surface area contributed by atoms with Crippen LogP contribution in [-0.2, 0) is 4.79 Å². The number of H-pyrrole nitrogens is 1. The lowest BCUT2D eigenvalue weighted by Gasteiger charge is -2.14. The number of carbonyl (C=O) groups excluding carboxylic acids is 1. The highest BCUT2D eigenvalue weighted by Gasteiger charge is 2.09. The van der Waals surface area contributed by atoms with E-state index in [4.69, 9.17) is 5.26 Å². The van der Waals surface area contributed by atoms with Crippen LogP contribution >= 0.6 is 11.8 Å². The molecule has 0 fully saturated rings. The predicted octanol–water partition coefficient (Wildman–Crippen LogP) is 0.234. The lowest BCUT2D eigenvalue weighted by Crippen LogP contribution is -2.29. The lowest BCUT2D eigenvalue weighted by molar-refractivity contribution is -0.127. The summed E-state index contributed by atoms with van der Waals surface area (Å²) < 4.78 is 0. The molecule has 1 amide bonds.